The highest BCUT2D eigenvalue weighted by Gasteiger charge is 2.25. The monoisotopic (exact) mass is 394 g/mol. The molecule has 0 aliphatic carbocycles. The lowest BCUT2D eigenvalue weighted by molar-refractivity contribution is -0.117. The molecule has 3 aromatic rings. The van der Waals surface area contributed by atoms with Crippen molar-refractivity contribution in [1.29, 1.82) is 0 Å². The first-order valence-electron chi connectivity index (χ1n) is 9.53. The highest BCUT2D eigenvalue weighted by molar-refractivity contribution is 5.91. The van der Waals surface area contributed by atoms with Crippen molar-refractivity contribution in [3.05, 3.63) is 54.1 Å². The van der Waals surface area contributed by atoms with Crippen LogP contribution in [0.25, 0.3) is 0 Å². The van der Waals surface area contributed by atoms with E-state index in [2.05, 4.69) is 35.1 Å². The number of hydrogen-bond acceptors (Lipinski definition) is 8. The highest BCUT2D eigenvalue weighted by Crippen LogP contribution is 2.27. The fraction of sp³-hybridized carbons (Fsp3) is 0.350. The molecule has 150 valence electrons. The molecule has 0 spiro atoms. The third kappa shape index (κ3) is 4.94. The van der Waals surface area contributed by atoms with Gasteiger partial charge in [-0.25, -0.2) is 9.61 Å². The van der Waals surface area contributed by atoms with Gasteiger partial charge in [0.25, 0.3) is 0 Å². The topological polar surface area (TPSA) is 106 Å². The van der Waals surface area contributed by atoms with E-state index in [1.54, 1.807) is 19.3 Å². The van der Waals surface area contributed by atoms with Crippen molar-refractivity contribution < 1.29 is 14.2 Å². The molecular formula is C20H22N6O3. The molecule has 29 heavy (non-hydrogen) atoms. The number of para-hydroxylation sites is 1. The quantitative estimate of drug-likeness (QED) is 0.680. The zero-order chi connectivity index (χ0) is 20.1. The second kappa shape index (κ2) is 8.78. The van der Waals surface area contributed by atoms with Gasteiger partial charge in [0, 0.05) is 18.7 Å². The van der Waals surface area contributed by atoms with Crippen molar-refractivity contribution >= 4 is 11.7 Å². The number of piperidine rings is 1. The molecule has 1 N–H and O–H groups in total. The number of carbonyl (C=O) groups excluding carboxylic acids is 1. The van der Waals surface area contributed by atoms with Crippen molar-refractivity contribution in [3.8, 4) is 11.6 Å². The van der Waals surface area contributed by atoms with Gasteiger partial charge in [0.05, 0.1) is 18.4 Å². The Hall–Kier alpha value is -3.33. The summed E-state index contributed by atoms with van der Waals surface area (Å²) in [4.78, 5) is 23.4. The van der Waals surface area contributed by atoms with E-state index in [-0.39, 0.29) is 18.4 Å². The van der Waals surface area contributed by atoms with Crippen LogP contribution in [0.3, 0.4) is 0 Å². The van der Waals surface area contributed by atoms with Gasteiger partial charge in [-0.1, -0.05) is 23.4 Å². The molecule has 1 saturated heterocycles. The van der Waals surface area contributed by atoms with E-state index >= 15 is 0 Å². The van der Waals surface area contributed by atoms with Gasteiger partial charge in [0.2, 0.25) is 11.8 Å². The van der Waals surface area contributed by atoms with Crippen LogP contribution in [-0.4, -0.2) is 50.7 Å². The van der Waals surface area contributed by atoms with Gasteiger partial charge >= 0.3 is 0 Å². The van der Waals surface area contributed by atoms with E-state index in [4.69, 9.17) is 4.74 Å². The highest BCUT2D eigenvalue weighted by atomic mass is 16.6. The van der Waals surface area contributed by atoms with E-state index in [0.29, 0.717) is 17.4 Å². The zero-order valence-electron chi connectivity index (χ0n) is 16.1. The van der Waals surface area contributed by atoms with E-state index < -0.39 is 0 Å². The van der Waals surface area contributed by atoms with Crippen LogP contribution in [0.5, 0.6) is 11.6 Å². The Morgan fingerprint density at radius 1 is 1.28 bits per heavy atom. The summed E-state index contributed by atoms with van der Waals surface area (Å²) in [5.41, 5.74) is 1.43. The van der Waals surface area contributed by atoms with Crippen molar-refractivity contribution in [3.63, 3.8) is 0 Å². The summed E-state index contributed by atoms with van der Waals surface area (Å²) in [6.45, 7) is 3.59. The molecular weight excluding hydrogens is 372 g/mol. The maximum absolute atomic E-state index is 12.3. The number of hydrogen-bond donors (Lipinski definition) is 1. The Morgan fingerprint density at radius 2 is 2.14 bits per heavy atom. The maximum atomic E-state index is 12.3. The molecule has 1 amide bonds. The molecule has 0 unspecified atom stereocenters. The average Bonchev–Trinajstić information content (AvgIpc) is 3.13. The lowest BCUT2D eigenvalue weighted by Gasteiger charge is -2.31. The third-order valence-corrected chi connectivity index (χ3v) is 4.80. The summed E-state index contributed by atoms with van der Waals surface area (Å²) < 4.78 is 10.4. The number of anilines is 1. The number of aryl methyl sites for hydroxylation is 1. The van der Waals surface area contributed by atoms with Crippen LogP contribution in [-0.2, 0) is 4.79 Å². The minimum atomic E-state index is -0.142. The van der Waals surface area contributed by atoms with Crippen LogP contribution < -0.4 is 10.1 Å². The SMILES string of the molecule is Cc1nonc1NC(=O)CN1CCC[C@H](c2cncc(Oc3ccccc3)n2)C1. The summed E-state index contributed by atoms with van der Waals surface area (Å²) in [7, 11) is 0. The van der Waals surface area contributed by atoms with Crippen molar-refractivity contribution in [2.45, 2.75) is 25.7 Å². The molecule has 9 heteroatoms. The van der Waals surface area contributed by atoms with Gasteiger partial charge < -0.3 is 10.1 Å². The fourth-order valence-corrected chi connectivity index (χ4v) is 3.38. The lowest BCUT2D eigenvalue weighted by atomic mass is 9.95. The Morgan fingerprint density at radius 3 is 2.93 bits per heavy atom. The molecule has 1 aliphatic heterocycles. The molecule has 0 radical (unpaired) electrons. The standard InChI is InChI=1S/C20H22N6O3/c1-14-20(25-29-24-14)23-18(27)13-26-9-5-6-15(12-26)17-10-21-11-19(22-17)28-16-7-3-2-4-8-16/h2-4,7-8,10-11,15H,5-6,9,12-13H2,1H3,(H,23,25,27)/t15-/m0/s1. The normalized spacial score (nSPS) is 17.1. The summed E-state index contributed by atoms with van der Waals surface area (Å²) in [6.07, 6.45) is 5.36. The third-order valence-electron chi connectivity index (χ3n) is 4.80. The number of aromatic nitrogens is 4. The van der Waals surface area contributed by atoms with Gasteiger partial charge in [-0.3, -0.25) is 14.7 Å². The molecule has 3 heterocycles. The molecule has 0 bridgehead atoms. The minimum Gasteiger partial charge on any atom is -0.437 e. The van der Waals surface area contributed by atoms with Crippen LogP contribution in [0.2, 0.25) is 0 Å². The number of carbonyl (C=O) groups is 1. The van der Waals surface area contributed by atoms with Gasteiger partial charge in [0.1, 0.15) is 11.4 Å². The number of benzene rings is 1. The maximum Gasteiger partial charge on any atom is 0.239 e. The van der Waals surface area contributed by atoms with Crippen LogP contribution in [0.15, 0.2) is 47.4 Å². The Kier molecular flexibility index (Phi) is 5.76. The molecule has 4 rings (SSSR count). The first kappa shape index (κ1) is 19.0. The number of ether oxygens (including phenoxy) is 1. The average molecular weight is 394 g/mol. The van der Waals surface area contributed by atoms with E-state index in [1.165, 1.54) is 0 Å². The van der Waals surface area contributed by atoms with Crippen LogP contribution >= 0.6 is 0 Å². The number of nitrogens with one attached hydrogen (secondary N) is 1. The first-order chi connectivity index (χ1) is 14.2. The molecule has 1 fully saturated rings. The predicted molar refractivity (Wildman–Crippen MR) is 105 cm³/mol. The van der Waals surface area contributed by atoms with E-state index in [9.17, 15) is 4.79 Å². The predicted octanol–water partition coefficient (Wildman–Crippen LogP) is 2.78. The van der Waals surface area contributed by atoms with Gasteiger partial charge in [-0.15, -0.1) is 0 Å². The van der Waals surface area contributed by atoms with Crippen LogP contribution in [0, 0.1) is 6.92 Å². The van der Waals surface area contributed by atoms with Crippen molar-refractivity contribution in [2.75, 3.05) is 25.0 Å². The van der Waals surface area contributed by atoms with E-state index in [1.807, 2.05) is 30.3 Å². The Labute approximate surface area is 168 Å². The molecule has 1 aromatic carbocycles. The summed E-state index contributed by atoms with van der Waals surface area (Å²) in [5, 5.41) is 10.1. The van der Waals surface area contributed by atoms with Crippen LogP contribution in [0.1, 0.15) is 30.1 Å². The zero-order valence-corrected chi connectivity index (χ0v) is 16.1. The molecule has 1 atom stereocenters. The summed E-state index contributed by atoms with van der Waals surface area (Å²) in [5.74, 6) is 1.60. The molecule has 1 aliphatic rings. The number of rotatable bonds is 6. The Bertz CT molecular complexity index is 962. The lowest BCUT2D eigenvalue weighted by Crippen LogP contribution is -2.40. The van der Waals surface area contributed by atoms with Crippen LogP contribution in [0.4, 0.5) is 5.82 Å². The fourth-order valence-electron chi connectivity index (χ4n) is 3.38. The van der Waals surface area contributed by atoms with E-state index in [0.717, 1.165) is 37.4 Å². The number of amides is 1. The summed E-state index contributed by atoms with van der Waals surface area (Å²) >= 11 is 0. The first-order valence-corrected chi connectivity index (χ1v) is 9.53. The number of likely N-dealkylation sites (tertiary alicyclic amines) is 1. The van der Waals surface area contributed by atoms with Crippen molar-refractivity contribution in [1.82, 2.24) is 25.2 Å². The molecule has 0 saturated carbocycles. The number of nitrogens with zero attached hydrogens (tertiary/aromatic N) is 5. The molecule has 9 nitrogen and oxygen atoms in total. The minimum absolute atomic E-state index is 0.142. The second-order valence-corrected chi connectivity index (χ2v) is 7.02. The van der Waals surface area contributed by atoms with Gasteiger partial charge in [-0.2, -0.15) is 0 Å². The largest absolute Gasteiger partial charge is 0.437 e. The van der Waals surface area contributed by atoms with Gasteiger partial charge in [0.15, 0.2) is 5.82 Å². The van der Waals surface area contributed by atoms with Gasteiger partial charge in [-0.05, 0) is 43.6 Å². The summed E-state index contributed by atoms with van der Waals surface area (Å²) in [6, 6.07) is 9.51. The smallest absolute Gasteiger partial charge is 0.239 e. The molecule has 2 aromatic heterocycles. The van der Waals surface area contributed by atoms with Crippen molar-refractivity contribution in [2.24, 2.45) is 0 Å². The second-order valence-electron chi connectivity index (χ2n) is 7.02. The Balaban J connectivity index is 1.37.